The molecular formula is C19H24N4O. The summed E-state index contributed by atoms with van der Waals surface area (Å²) < 4.78 is 0. The van der Waals surface area contributed by atoms with Crippen LogP contribution in [0, 0.1) is 0 Å². The standard InChI is InChI=1S/C19H24N4O/c1-14(24)15-8-10-17(11-9-15)22-19-20-13-12-18(23-19)21-16-6-4-2-3-5-7-16/h8-13,16H,2-7H2,1H3,(H2,20,21,22,23). The molecule has 0 amide bonds. The van der Waals surface area contributed by atoms with Gasteiger partial charge >= 0.3 is 0 Å². The highest BCUT2D eigenvalue weighted by Gasteiger charge is 2.12. The predicted molar refractivity (Wildman–Crippen MR) is 96.9 cm³/mol. The Morgan fingerprint density at radius 1 is 1.04 bits per heavy atom. The molecule has 5 heteroatoms. The first kappa shape index (κ1) is 16.4. The number of hydrogen-bond donors (Lipinski definition) is 2. The van der Waals surface area contributed by atoms with Gasteiger partial charge in [-0.2, -0.15) is 4.98 Å². The van der Waals surface area contributed by atoms with Crippen molar-refractivity contribution in [1.29, 1.82) is 0 Å². The highest BCUT2D eigenvalue weighted by Crippen LogP contribution is 2.21. The van der Waals surface area contributed by atoms with Gasteiger partial charge in [-0.05, 0) is 50.1 Å². The van der Waals surface area contributed by atoms with Crippen LogP contribution in [-0.2, 0) is 0 Å². The summed E-state index contributed by atoms with van der Waals surface area (Å²) in [7, 11) is 0. The Balaban J connectivity index is 1.65. The van der Waals surface area contributed by atoms with Crippen LogP contribution in [0.25, 0.3) is 0 Å². The molecule has 5 nitrogen and oxygen atoms in total. The molecule has 1 saturated carbocycles. The van der Waals surface area contributed by atoms with Crippen molar-refractivity contribution >= 4 is 23.2 Å². The highest BCUT2D eigenvalue weighted by molar-refractivity contribution is 5.94. The second-order valence-electron chi connectivity index (χ2n) is 6.36. The van der Waals surface area contributed by atoms with Gasteiger partial charge in [0.2, 0.25) is 5.95 Å². The van der Waals surface area contributed by atoms with Gasteiger partial charge in [-0.3, -0.25) is 4.79 Å². The molecule has 2 N–H and O–H groups in total. The van der Waals surface area contributed by atoms with Crippen LogP contribution in [0.4, 0.5) is 17.5 Å². The van der Waals surface area contributed by atoms with Crippen molar-refractivity contribution in [2.45, 2.75) is 51.5 Å². The zero-order chi connectivity index (χ0) is 16.8. The van der Waals surface area contributed by atoms with Gasteiger partial charge in [-0.15, -0.1) is 0 Å². The Bertz CT molecular complexity index is 676. The largest absolute Gasteiger partial charge is 0.367 e. The average Bonchev–Trinajstić information content (AvgIpc) is 2.84. The maximum Gasteiger partial charge on any atom is 0.229 e. The highest BCUT2D eigenvalue weighted by atomic mass is 16.1. The topological polar surface area (TPSA) is 66.9 Å². The molecule has 24 heavy (non-hydrogen) atoms. The van der Waals surface area contributed by atoms with Crippen molar-refractivity contribution in [2.24, 2.45) is 0 Å². The van der Waals surface area contributed by atoms with Crippen molar-refractivity contribution in [2.75, 3.05) is 10.6 Å². The van der Waals surface area contributed by atoms with Gasteiger partial charge in [0.15, 0.2) is 5.78 Å². The Morgan fingerprint density at radius 2 is 1.75 bits per heavy atom. The third-order valence-corrected chi connectivity index (χ3v) is 4.41. The van der Waals surface area contributed by atoms with E-state index in [4.69, 9.17) is 0 Å². The number of anilines is 3. The molecule has 1 aliphatic carbocycles. The first-order chi connectivity index (χ1) is 11.7. The zero-order valence-corrected chi connectivity index (χ0v) is 14.1. The molecule has 2 aromatic rings. The molecular weight excluding hydrogens is 300 g/mol. The molecule has 0 bridgehead atoms. The van der Waals surface area contributed by atoms with Crippen LogP contribution in [0.1, 0.15) is 55.8 Å². The Morgan fingerprint density at radius 3 is 2.42 bits per heavy atom. The lowest BCUT2D eigenvalue weighted by molar-refractivity contribution is 0.101. The lowest BCUT2D eigenvalue weighted by Gasteiger charge is -2.17. The van der Waals surface area contributed by atoms with Crippen molar-refractivity contribution in [3.8, 4) is 0 Å². The van der Waals surface area contributed by atoms with Crippen LogP contribution in [0.5, 0.6) is 0 Å². The summed E-state index contributed by atoms with van der Waals surface area (Å²) in [4.78, 5) is 20.1. The van der Waals surface area contributed by atoms with Gasteiger partial charge in [0.05, 0.1) is 0 Å². The van der Waals surface area contributed by atoms with E-state index >= 15 is 0 Å². The maximum absolute atomic E-state index is 11.3. The van der Waals surface area contributed by atoms with Crippen LogP contribution >= 0.6 is 0 Å². The molecule has 1 aliphatic rings. The van der Waals surface area contributed by atoms with Crippen LogP contribution in [0.3, 0.4) is 0 Å². The fourth-order valence-electron chi connectivity index (χ4n) is 3.05. The molecule has 0 saturated heterocycles. The summed E-state index contributed by atoms with van der Waals surface area (Å²) in [6.07, 6.45) is 9.43. The molecule has 126 valence electrons. The van der Waals surface area contributed by atoms with Gasteiger partial charge in [-0.1, -0.05) is 25.7 Å². The quantitative estimate of drug-likeness (QED) is 0.623. The molecule has 3 rings (SSSR count). The minimum atomic E-state index is 0.0624. The number of rotatable bonds is 5. The number of carbonyl (C=O) groups excluding carboxylic acids is 1. The van der Waals surface area contributed by atoms with Gasteiger partial charge < -0.3 is 10.6 Å². The number of nitrogens with one attached hydrogen (secondary N) is 2. The van der Waals surface area contributed by atoms with E-state index in [-0.39, 0.29) is 5.78 Å². The predicted octanol–water partition coefficient (Wildman–Crippen LogP) is 4.56. The molecule has 0 spiro atoms. The number of carbonyl (C=O) groups is 1. The fraction of sp³-hybridized carbons (Fsp3) is 0.421. The van der Waals surface area contributed by atoms with Crippen molar-refractivity contribution < 1.29 is 4.79 Å². The second-order valence-corrected chi connectivity index (χ2v) is 6.36. The molecule has 0 unspecified atom stereocenters. The van der Waals surface area contributed by atoms with E-state index in [0.717, 1.165) is 11.5 Å². The summed E-state index contributed by atoms with van der Waals surface area (Å²) in [5.41, 5.74) is 1.57. The molecule has 0 atom stereocenters. The lowest BCUT2D eigenvalue weighted by Crippen LogP contribution is -2.19. The first-order valence-corrected chi connectivity index (χ1v) is 8.68. The van der Waals surface area contributed by atoms with Crippen LogP contribution in [0.15, 0.2) is 36.5 Å². The van der Waals surface area contributed by atoms with E-state index in [9.17, 15) is 4.79 Å². The van der Waals surface area contributed by atoms with Crippen molar-refractivity contribution in [3.63, 3.8) is 0 Å². The lowest BCUT2D eigenvalue weighted by atomic mass is 10.1. The number of hydrogen-bond acceptors (Lipinski definition) is 5. The third-order valence-electron chi connectivity index (χ3n) is 4.41. The Labute approximate surface area is 142 Å². The van der Waals surface area contributed by atoms with E-state index in [1.54, 1.807) is 25.3 Å². The fourth-order valence-corrected chi connectivity index (χ4v) is 3.05. The molecule has 1 aromatic carbocycles. The van der Waals surface area contributed by atoms with E-state index < -0.39 is 0 Å². The second kappa shape index (κ2) is 7.90. The number of Topliss-reactive ketones (excluding diaryl/α,β-unsaturated/α-hetero) is 1. The van der Waals surface area contributed by atoms with Crippen LogP contribution in [0.2, 0.25) is 0 Å². The molecule has 1 aromatic heterocycles. The SMILES string of the molecule is CC(=O)c1ccc(Nc2nccc(NC3CCCCCC3)n2)cc1. The Kier molecular flexibility index (Phi) is 5.41. The normalized spacial score (nSPS) is 15.5. The van der Waals surface area contributed by atoms with E-state index in [1.165, 1.54) is 38.5 Å². The smallest absolute Gasteiger partial charge is 0.229 e. The third kappa shape index (κ3) is 4.54. The number of benzene rings is 1. The number of nitrogens with zero attached hydrogens (tertiary/aromatic N) is 2. The molecule has 0 aliphatic heterocycles. The van der Waals surface area contributed by atoms with Gasteiger partial charge in [-0.25, -0.2) is 4.98 Å². The first-order valence-electron chi connectivity index (χ1n) is 8.68. The van der Waals surface area contributed by atoms with Gasteiger partial charge in [0, 0.05) is 23.5 Å². The summed E-state index contributed by atoms with van der Waals surface area (Å²) in [6, 6.07) is 9.76. The minimum Gasteiger partial charge on any atom is -0.367 e. The molecule has 1 fully saturated rings. The van der Waals surface area contributed by atoms with Crippen molar-refractivity contribution in [3.05, 3.63) is 42.1 Å². The van der Waals surface area contributed by atoms with E-state index in [2.05, 4.69) is 20.6 Å². The Hall–Kier alpha value is -2.43. The summed E-state index contributed by atoms with van der Waals surface area (Å²) in [5.74, 6) is 1.48. The molecule has 0 radical (unpaired) electrons. The van der Waals surface area contributed by atoms with E-state index in [1.807, 2.05) is 18.2 Å². The van der Waals surface area contributed by atoms with Crippen molar-refractivity contribution in [1.82, 2.24) is 9.97 Å². The summed E-state index contributed by atoms with van der Waals surface area (Å²) in [6.45, 7) is 1.56. The van der Waals surface area contributed by atoms with Gasteiger partial charge in [0.1, 0.15) is 5.82 Å². The van der Waals surface area contributed by atoms with E-state index in [0.29, 0.717) is 17.6 Å². The maximum atomic E-state index is 11.3. The number of aromatic nitrogens is 2. The monoisotopic (exact) mass is 324 g/mol. The summed E-state index contributed by atoms with van der Waals surface area (Å²) in [5, 5.41) is 6.72. The van der Waals surface area contributed by atoms with Gasteiger partial charge in [0.25, 0.3) is 0 Å². The zero-order valence-electron chi connectivity index (χ0n) is 14.1. The van der Waals surface area contributed by atoms with Crippen LogP contribution in [-0.4, -0.2) is 21.8 Å². The minimum absolute atomic E-state index is 0.0624. The average molecular weight is 324 g/mol. The number of ketones is 1. The molecule has 1 heterocycles. The van der Waals surface area contributed by atoms with Crippen LogP contribution < -0.4 is 10.6 Å². The summed E-state index contributed by atoms with van der Waals surface area (Å²) >= 11 is 0.